The third-order valence-corrected chi connectivity index (χ3v) is 5.14. The molecule has 4 rings (SSSR count). The van der Waals surface area contributed by atoms with Gasteiger partial charge in [-0.1, -0.05) is 18.2 Å². The highest BCUT2D eigenvalue weighted by Gasteiger charge is 2.20. The van der Waals surface area contributed by atoms with Crippen LogP contribution in [0.3, 0.4) is 0 Å². The second-order valence-electron chi connectivity index (χ2n) is 7.44. The number of rotatable bonds is 5. The van der Waals surface area contributed by atoms with Gasteiger partial charge >= 0.3 is 0 Å². The Morgan fingerprint density at radius 2 is 1.84 bits per heavy atom. The molecule has 2 amide bonds. The molecule has 4 aromatic rings. The first-order chi connectivity index (χ1) is 14.8. The molecule has 2 N–H and O–H groups in total. The number of aromatic nitrogens is 3. The fraction of sp³-hybridized carbons (Fsp3) is 0.217. The van der Waals surface area contributed by atoms with Gasteiger partial charge in [-0.15, -0.1) is 0 Å². The molecule has 0 atom stereocenters. The lowest BCUT2D eigenvalue weighted by molar-refractivity contribution is -0.115. The number of pyridine rings is 1. The lowest BCUT2D eigenvalue weighted by Crippen LogP contribution is -2.33. The smallest absolute Gasteiger partial charge is 0.252 e. The summed E-state index contributed by atoms with van der Waals surface area (Å²) in [5.74, 6) is -0.138. The van der Waals surface area contributed by atoms with Crippen molar-refractivity contribution in [1.82, 2.24) is 20.1 Å². The van der Waals surface area contributed by atoms with Gasteiger partial charge in [0.2, 0.25) is 5.91 Å². The monoisotopic (exact) mass is 417 g/mol. The maximum atomic E-state index is 13.0. The van der Waals surface area contributed by atoms with Gasteiger partial charge in [0.15, 0.2) is 11.4 Å². The number of fused-ring (bicyclic) bond motifs is 1. The summed E-state index contributed by atoms with van der Waals surface area (Å²) >= 11 is 0. The topological polar surface area (TPSA) is 102 Å². The van der Waals surface area contributed by atoms with E-state index >= 15 is 0 Å². The average Bonchev–Trinajstić information content (AvgIpc) is 3.37. The summed E-state index contributed by atoms with van der Waals surface area (Å²) in [5.41, 5.74) is 4.84. The van der Waals surface area contributed by atoms with Crippen molar-refractivity contribution in [1.29, 1.82) is 0 Å². The molecule has 3 heterocycles. The van der Waals surface area contributed by atoms with Crippen LogP contribution >= 0.6 is 0 Å². The van der Waals surface area contributed by atoms with E-state index in [0.717, 1.165) is 16.8 Å². The number of nitrogens with zero attached hydrogens (tertiary/aromatic N) is 3. The van der Waals surface area contributed by atoms with Crippen LogP contribution in [0, 0.1) is 20.8 Å². The van der Waals surface area contributed by atoms with Gasteiger partial charge in [-0.05, 0) is 50.1 Å². The maximum Gasteiger partial charge on any atom is 0.252 e. The molecule has 0 radical (unpaired) electrons. The van der Waals surface area contributed by atoms with Crippen LogP contribution in [0.2, 0.25) is 0 Å². The number of carbonyl (C=O) groups excluding carboxylic acids is 2. The summed E-state index contributed by atoms with van der Waals surface area (Å²) in [6.45, 7) is 5.51. The van der Waals surface area contributed by atoms with Crippen LogP contribution in [0.5, 0.6) is 0 Å². The third-order valence-electron chi connectivity index (χ3n) is 5.14. The van der Waals surface area contributed by atoms with Crippen LogP contribution in [0.15, 0.2) is 47.1 Å². The molecule has 0 aliphatic rings. The number of anilines is 1. The summed E-state index contributed by atoms with van der Waals surface area (Å²) in [7, 11) is 1.77. The number of amides is 2. The number of benzene rings is 1. The van der Waals surface area contributed by atoms with Gasteiger partial charge in [-0.25, -0.2) is 4.98 Å². The van der Waals surface area contributed by atoms with Gasteiger partial charge in [-0.2, -0.15) is 5.10 Å². The number of nitrogens with one attached hydrogen (secondary N) is 2. The molecule has 0 aliphatic heterocycles. The van der Waals surface area contributed by atoms with Crippen LogP contribution in [-0.2, 0) is 11.8 Å². The van der Waals surface area contributed by atoms with Gasteiger partial charge in [0, 0.05) is 12.7 Å². The summed E-state index contributed by atoms with van der Waals surface area (Å²) < 4.78 is 7.08. The van der Waals surface area contributed by atoms with Crippen molar-refractivity contribution in [2.75, 3.05) is 11.9 Å². The van der Waals surface area contributed by atoms with E-state index in [4.69, 9.17) is 4.42 Å². The van der Waals surface area contributed by atoms with E-state index in [1.54, 1.807) is 36.2 Å². The minimum atomic E-state index is -0.382. The van der Waals surface area contributed by atoms with Crippen molar-refractivity contribution in [2.45, 2.75) is 20.8 Å². The Hall–Kier alpha value is -3.94. The molecule has 3 aromatic heterocycles. The molecule has 31 heavy (non-hydrogen) atoms. The fourth-order valence-electron chi connectivity index (χ4n) is 3.63. The van der Waals surface area contributed by atoms with Crippen molar-refractivity contribution < 1.29 is 14.0 Å². The van der Waals surface area contributed by atoms with E-state index in [2.05, 4.69) is 20.7 Å². The molecule has 8 heteroatoms. The van der Waals surface area contributed by atoms with Crippen molar-refractivity contribution >= 4 is 28.5 Å². The first-order valence-corrected chi connectivity index (χ1v) is 9.87. The predicted molar refractivity (Wildman–Crippen MR) is 118 cm³/mol. The van der Waals surface area contributed by atoms with E-state index < -0.39 is 0 Å². The van der Waals surface area contributed by atoms with E-state index in [0.29, 0.717) is 33.7 Å². The highest BCUT2D eigenvalue weighted by molar-refractivity contribution is 6.08. The lowest BCUT2D eigenvalue weighted by atomic mass is 10.1. The zero-order valence-electron chi connectivity index (χ0n) is 17.8. The summed E-state index contributed by atoms with van der Waals surface area (Å²) in [4.78, 5) is 30.1. The highest BCUT2D eigenvalue weighted by Crippen LogP contribution is 2.27. The molecule has 0 bridgehead atoms. The van der Waals surface area contributed by atoms with Gasteiger partial charge in [-0.3, -0.25) is 14.3 Å². The molecule has 8 nitrogen and oxygen atoms in total. The Kier molecular flexibility index (Phi) is 5.29. The van der Waals surface area contributed by atoms with E-state index in [9.17, 15) is 9.59 Å². The second kappa shape index (κ2) is 8.06. The van der Waals surface area contributed by atoms with Crippen LogP contribution < -0.4 is 10.6 Å². The molecule has 158 valence electrons. The molecule has 0 spiro atoms. The summed E-state index contributed by atoms with van der Waals surface area (Å²) in [6, 6.07) is 11.0. The highest BCUT2D eigenvalue weighted by atomic mass is 16.3. The van der Waals surface area contributed by atoms with Crippen molar-refractivity contribution in [3.63, 3.8) is 0 Å². The third kappa shape index (κ3) is 3.92. The molecule has 0 saturated heterocycles. The fourth-order valence-corrected chi connectivity index (χ4v) is 3.63. The zero-order chi connectivity index (χ0) is 22.1. The van der Waals surface area contributed by atoms with Crippen LogP contribution in [0.25, 0.3) is 22.5 Å². The maximum absolute atomic E-state index is 13.0. The lowest BCUT2D eigenvalue weighted by Gasteiger charge is -2.12. The second-order valence-corrected chi connectivity index (χ2v) is 7.44. The number of carbonyl (C=O) groups is 2. The molecule has 0 saturated carbocycles. The quantitative estimate of drug-likeness (QED) is 0.517. The SMILES string of the molecule is Cc1cccc(C)c1NC(=O)CNC(=O)c1cc(-c2ccco2)nc2c1c(C)nn2C. The standard InChI is InChI=1S/C23H23N5O3/c1-13-7-5-8-14(2)21(13)26-19(29)12-24-23(30)16-11-17(18-9-6-10-31-18)25-22-20(16)15(3)27-28(22)4/h5-11H,12H2,1-4H3,(H,24,30)(H,26,29). The van der Waals surface area contributed by atoms with Gasteiger partial charge in [0.05, 0.1) is 29.5 Å². The van der Waals surface area contributed by atoms with Gasteiger partial charge < -0.3 is 15.1 Å². The molecular formula is C23H23N5O3. The van der Waals surface area contributed by atoms with Gasteiger partial charge in [0.25, 0.3) is 5.91 Å². The largest absolute Gasteiger partial charge is 0.463 e. The van der Waals surface area contributed by atoms with Crippen molar-refractivity contribution in [3.05, 3.63) is 65.0 Å². The van der Waals surface area contributed by atoms with Gasteiger partial charge in [0.1, 0.15) is 5.69 Å². The molecule has 0 unspecified atom stereocenters. The van der Waals surface area contributed by atoms with Crippen LogP contribution in [-0.4, -0.2) is 33.1 Å². The minimum Gasteiger partial charge on any atom is -0.463 e. The molecule has 1 aromatic carbocycles. The number of hydrogen-bond acceptors (Lipinski definition) is 5. The van der Waals surface area contributed by atoms with Crippen LogP contribution in [0.4, 0.5) is 5.69 Å². The van der Waals surface area contributed by atoms with Crippen molar-refractivity contribution in [2.24, 2.45) is 7.05 Å². The first-order valence-electron chi connectivity index (χ1n) is 9.87. The Morgan fingerprint density at radius 3 is 2.52 bits per heavy atom. The number of para-hydroxylation sites is 1. The Labute approximate surface area is 179 Å². The van der Waals surface area contributed by atoms with Crippen LogP contribution in [0.1, 0.15) is 27.2 Å². The first kappa shape index (κ1) is 20.3. The van der Waals surface area contributed by atoms with E-state index in [-0.39, 0.29) is 18.4 Å². The summed E-state index contributed by atoms with van der Waals surface area (Å²) in [6.07, 6.45) is 1.55. The average molecular weight is 417 g/mol. The number of hydrogen-bond donors (Lipinski definition) is 2. The molecule has 0 aliphatic carbocycles. The van der Waals surface area contributed by atoms with E-state index in [1.807, 2.05) is 39.0 Å². The Bertz CT molecular complexity index is 1270. The molecular weight excluding hydrogens is 394 g/mol. The zero-order valence-corrected chi connectivity index (χ0v) is 17.8. The van der Waals surface area contributed by atoms with E-state index in [1.165, 1.54) is 0 Å². The number of furan rings is 1. The summed E-state index contributed by atoms with van der Waals surface area (Å²) in [5, 5.41) is 10.6. The number of aryl methyl sites for hydroxylation is 4. The molecule has 0 fully saturated rings. The minimum absolute atomic E-state index is 0.161. The Balaban J connectivity index is 1.59. The van der Waals surface area contributed by atoms with Crippen molar-refractivity contribution in [3.8, 4) is 11.5 Å². The Morgan fingerprint density at radius 1 is 1.10 bits per heavy atom. The predicted octanol–water partition coefficient (Wildman–Crippen LogP) is 3.52. The normalized spacial score (nSPS) is 11.0.